The zero-order valence-electron chi connectivity index (χ0n) is 10.6. The topological polar surface area (TPSA) is 71.0 Å². The van der Waals surface area contributed by atoms with Crippen LogP contribution in [-0.4, -0.2) is 31.9 Å². The molecule has 1 unspecified atom stereocenters. The third kappa shape index (κ3) is 1.76. The molecule has 0 amide bonds. The van der Waals surface area contributed by atoms with Crippen LogP contribution in [0.2, 0.25) is 0 Å². The van der Waals surface area contributed by atoms with Gasteiger partial charge in [0.05, 0.1) is 19.0 Å². The van der Waals surface area contributed by atoms with Gasteiger partial charge in [-0.05, 0) is 6.92 Å². The molecule has 0 saturated heterocycles. The first kappa shape index (κ1) is 12.6. The molecule has 1 atom stereocenters. The average molecular weight is 251 g/mol. The van der Waals surface area contributed by atoms with E-state index in [2.05, 4.69) is 11.9 Å². The summed E-state index contributed by atoms with van der Waals surface area (Å²) in [6.45, 7) is 4.19. The van der Waals surface area contributed by atoms with Crippen LogP contribution in [0.4, 0.5) is 0 Å². The van der Waals surface area contributed by atoms with Crippen molar-refractivity contribution in [2.24, 2.45) is 14.1 Å². The number of ether oxygens (including phenoxy) is 1. The van der Waals surface area contributed by atoms with Gasteiger partial charge in [0, 0.05) is 21.2 Å². The van der Waals surface area contributed by atoms with Crippen LogP contribution in [0.25, 0.3) is 11.2 Å². The molecule has 0 aliphatic heterocycles. The van der Waals surface area contributed by atoms with Crippen molar-refractivity contribution in [3.05, 3.63) is 34.1 Å². The molecule has 0 aliphatic carbocycles. The van der Waals surface area contributed by atoms with Crippen LogP contribution in [0.3, 0.4) is 0 Å². The molecular weight excluding hydrogens is 236 g/mol. The van der Waals surface area contributed by atoms with Gasteiger partial charge in [0.25, 0.3) is 5.56 Å². The third-order valence-corrected chi connectivity index (χ3v) is 2.95. The fourth-order valence-electron chi connectivity index (χ4n) is 1.83. The zero-order valence-corrected chi connectivity index (χ0v) is 10.6. The average Bonchev–Trinajstić information content (AvgIpc) is 2.77. The second-order valence-corrected chi connectivity index (χ2v) is 4.13. The molecule has 97 valence electrons. The number of methoxy groups -OCH3 is 1. The highest BCUT2D eigenvalue weighted by atomic mass is 16.5. The molecule has 2 heterocycles. The first-order valence-electron chi connectivity index (χ1n) is 5.44. The van der Waals surface area contributed by atoms with Crippen LogP contribution in [-0.2, 0) is 25.4 Å². The van der Waals surface area contributed by atoms with Crippen LogP contribution in [0.15, 0.2) is 15.9 Å². The summed E-state index contributed by atoms with van der Waals surface area (Å²) in [5.74, 6) is 0. The molecule has 7 heteroatoms. The Morgan fingerprint density at radius 2 is 2.06 bits per heavy atom. The van der Waals surface area contributed by atoms with Crippen molar-refractivity contribution in [1.82, 2.24) is 18.7 Å². The largest absolute Gasteiger partial charge is 0.380 e. The summed E-state index contributed by atoms with van der Waals surface area (Å²) < 4.78 is 9.12. The van der Waals surface area contributed by atoms with E-state index in [1.807, 2.05) is 0 Å². The predicted molar refractivity (Wildman–Crippen MR) is 66.4 cm³/mol. The Labute approximate surface area is 103 Å². The van der Waals surface area contributed by atoms with Gasteiger partial charge >= 0.3 is 5.69 Å². The minimum Gasteiger partial charge on any atom is -0.380 e. The van der Waals surface area contributed by atoms with Crippen LogP contribution in [0.1, 0.15) is 0 Å². The van der Waals surface area contributed by atoms with Crippen LogP contribution >= 0.6 is 0 Å². The van der Waals surface area contributed by atoms with Crippen molar-refractivity contribution in [1.29, 1.82) is 0 Å². The lowest BCUT2D eigenvalue weighted by atomic mass is 10.4. The van der Waals surface area contributed by atoms with Crippen molar-refractivity contribution in [3.8, 4) is 0 Å². The highest BCUT2D eigenvalue weighted by Gasteiger charge is 2.15. The molecule has 0 saturated carbocycles. The quantitative estimate of drug-likeness (QED) is 0.722. The van der Waals surface area contributed by atoms with Gasteiger partial charge in [0.2, 0.25) is 0 Å². The number of imidazole rings is 1. The number of rotatable bonds is 3. The minimum absolute atomic E-state index is 0.288. The van der Waals surface area contributed by atoms with Gasteiger partial charge in [-0.25, -0.2) is 9.78 Å². The van der Waals surface area contributed by atoms with Gasteiger partial charge in [-0.15, -0.1) is 0 Å². The maximum atomic E-state index is 12.1. The Morgan fingerprint density at radius 1 is 1.39 bits per heavy atom. The summed E-state index contributed by atoms with van der Waals surface area (Å²) >= 11 is 0. The van der Waals surface area contributed by atoms with Crippen molar-refractivity contribution in [3.63, 3.8) is 0 Å². The zero-order chi connectivity index (χ0) is 13.4. The summed E-state index contributed by atoms with van der Waals surface area (Å²) in [6, 6.07) is 0. The Bertz CT molecular complexity index is 695. The second-order valence-electron chi connectivity index (χ2n) is 4.13. The number of aryl methyl sites for hydroxylation is 1. The van der Waals surface area contributed by atoms with Gasteiger partial charge in [0.1, 0.15) is 0 Å². The van der Waals surface area contributed by atoms with Crippen molar-refractivity contribution >= 4 is 11.2 Å². The SMILES string of the molecule is [CH2]C(Cn1cnc2c1c(=O)n(C)c(=O)n2C)OC. The van der Waals surface area contributed by atoms with E-state index in [-0.39, 0.29) is 11.7 Å². The van der Waals surface area contributed by atoms with Crippen LogP contribution in [0.5, 0.6) is 0 Å². The Morgan fingerprint density at radius 3 is 2.67 bits per heavy atom. The molecule has 0 spiro atoms. The van der Waals surface area contributed by atoms with Crippen molar-refractivity contribution in [2.75, 3.05) is 7.11 Å². The third-order valence-electron chi connectivity index (χ3n) is 2.95. The van der Waals surface area contributed by atoms with E-state index in [0.29, 0.717) is 17.7 Å². The molecule has 1 radical (unpaired) electrons. The molecule has 0 aliphatic rings. The van der Waals surface area contributed by atoms with Crippen LogP contribution < -0.4 is 11.2 Å². The Hall–Kier alpha value is -1.89. The second kappa shape index (κ2) is 4.41. The molecule has 0 fully saturated rings. The summed E-state index contributed by atoms with van der Waals surface area (Å²) in [7, 11) is 4.57. The maximum Gasteiger partial charge on any atom is 0.332 e. The number of aromatic nitrogens is 4. The number of nitrogens with zero attached hydrogens (tertiary/aromatic N) is 4. The van der Waals surface area contributed by atoms with Gasteiger partial charge < -0.3 is 9.30 Å². The van der Waals surface area contributed by atoms with E-state index in [4.69, 9.17) is 4.74 Å². The summed E-state index contributed by atoms with van der Waals surface area (Å²) in [5, 5.41) is 0. The molecule has 0 bridgehead atoms. The molecule has 0 N–H and O–H groups in total. The number of hydrogen-bond donors (Lipinski definition) is 0. The van der Waals surface area contributed by atoms with Gasteiger partial charge in [0.15, 0.2) is 11.2 Å². The highest BCUT2D eigenvalue weighted by molar-refractivity contribution is 5.69. The maximum absolute atomic E-state index is 12.1. The lowest BCUT2D eigenvalue weighted by Gasteiger charge is -2.11. The lowest BCUT2D eigenvalue weighted by Crippen LogP contribution is -2.37. The minimum atomic E-state index is -0.393. The Balaban J connectivity index is 2.74. The molecular formula is C11H15N4O3. The first-order valence-corrected chi connectivity index (χ1v) is 5.44. The van der Waals surface area contributed by atoms with Crippen LogP contribution in [0, 0.1) is 6.92 Å². The monoisotopic (exact) mass is 251 g/mol. The van der Waals surface area contributed by atoms with E-state index in [0.717, 1.165) is 4.57 Å². The van der Waals surface area contributed by atoms with Crippen molar-refractivity contribution < 1.29 is 4.74 Å². The van der Waals surface area contributed by atoms with E-state index in [9.17, 15) is 9.59 Å². The predicted octanol–water partition coefficient (Wildman–Crippen LogP) is -0.717. The standard InChI is InChI=1S/C11H15N4O3/c1-7(18-4)5-15-6-12-9-8(15)10(16)14(3)11(17)13(9)2/h6-7H,1,5H2,2-4H3. The lowest BCUT2D eigenvalue weighted by molar-refractivity contribution is 0.124. The molecule has 2 aromatic rings. The fourth-order valence-corrected chi connectivity index (χ4v) is 1.83. The first-order chi connectivity index (χ1) is 8.47. The molecule has 2 aromatic heterocycles. The smallest absolute Gasteiger partial charge is 0.332 e. The van der Waals surface area contributed by atoms with E-state index >= 15 is 0 Å². The fraction of sp³-hybridized carbons (Fsp3) is 0.455. The summed E-state index contributed by atoms with van der Waals surface area (Å²) in [5.41, 5.74) is -0.0127. The van der Waals surface area contributed by atoms with E-state index < -0.39 is 5.69 Å². The van der Waals surface area contributed by atoms with Crippen molar-refractivity contribution in [2.45, 2.75) is 12.6 Å². The highest BCUT2D eigenvalue weighted by Crippen LogP contribution is 2.06. The van der Waals surface area contributed by atoms with E-state index in [1.54, 1.807) is 18.7 Å². The summed E-state index contributed by atoms with van der Waals surface area (Å²) in [6.07, 6.45) is 1.23. The number of hydrogen-bond acceptors (Lipinski definition) is 4. The summed E-state index contributed by atoms with van der Waals surface area (Å²) in [4.78, 5) is 27.9. The molecule has 18 heavy (non-hydrogen) atoms. The van der Waals surface area contributed by atoms with Gasteiger partial charge in [-0.3, -0.25) is 13.9 Å². The number of fused-ring (bicyclic) bond motifs is 1. The molecule has 2 rings (SSSR count). The molecule has 0 aromatic carbocycles. The molecule has 7 nitrogen and oxygen atoms in total. The van der Waals surface area contributed by atoms with E-state index in [1.165, 1.54) is 17.9 Å². The van der Waals surface area contributed by atoms with Gasteiger partial charge in [-0.2, -0.15) is 0 Å². The normalized spacial score (nSPS) is 13.1. The van der Waals surface area contributed by atoms with Gasteiger partial charge in [-0.1, -0.05) is 0 Å². The Kier molecular flexibility index (Phi) is 3.08.